The van der Waals surface area contributed by atoms with E-state index in [0.717, 1.165) is 29.9 Å². The van der Waals surface area contributed by atoms with Crippen molar-refractivity contribution in [3.8, 4) is 0 Å². The molecule has 5 heteroatoms. The molecule has 2 amide bonds. The first kappa shape index (κ1) is 20.4. The van der Waals surface area contributed by atoms with Crippen molar-refractivity contribution < 1.29 is 9.59 Å². The Morgan fingerprint density at radius 1 is 1.23 bits per heavy atom. The summed E-state index contributed by atoms with van der Waals surface area (Å²) >= 11 is 0. The number of hydrogen-bond donors (Lipinski definition) is 1. The van der Waals surface area contributed by atoms with Crippen LogP contribution in [0.15, 0.2) is 18.2 Å². The Bertz CT molecular complexity index is 649. The third-order valence-corrected chi connectivity index (χ3v) is 5.47. The molecule has 1 aliphatic rings. The average molecular weight is 360 g/mol. The molecular weight excluding hydrogens is 326 g/mol. The summed E-state index contributed by atoms with van der Waals surface area (Å²) in [6.07, 6.45) is 1.17. The SMILES string of the molecule is Cc1cccc(NC(=O)CN(C)[C@H](C)C(=O)N2C[C@H](C)C[C@H](C)C2)c1C. The quantitative estimate of drug-likeness (QED) is 0.879. The summed E-state index contributed by atoms with van der Waals surface area (Å²) < 4.78 is 0. The Morgan fingerprint density at radius 2 is 1.85 bits per heavy atom. The van der Waals surface area contributed by atoms with Crippen LogP contribution in [-0.2, 0) is 9.59 Å². The fourth-order valence-electron chi connectivity index (χ4n) is 3.74. The number of carbonyl (C=O) groups is 2. The van der Waals surface area contributed by atoms with Crippen molar-refractivity contribution in [2.24, 2.45) is 11.8 Å². The van der Waals surface area contributed by atoms with E-state index in [1.165, 1.54) is 6.42 Å². The number of hydrogen-bond acceptors (Lipinski definition) is 3. The minimum Gasteiger partial charge on any atom is -0.341 e. The summed E-state index contributed by atoms with van der Waals surface area (Å²) in [6, 6.07) is 5.56. The third kappa shape index (κ3) is 5.07. The van der Waals surface area contributed by atoms with E-state index in [2.05, 4.69) is 19.2 Å². The summed E-state index contributed by atoms with van der Waals surface area (Å²) in [4.78, 5) is 29.0. The van der Waals surface area contributed by atoms with Crippen LogP contribution in [0.4, 0.5) is 5.69 Å². The van der Waals surface area contributed by atoms with Crippen LogP contribution in [-0.4, -0.2) is 54.3 Å². The van der Waals surface area contributed by atoms with Crippen molar-refractivity contribution in [2.75, 3.05) is 32.0 Å². The van der Waals surface area contributed by atoms with Crippen LogP contribution in [0.1, 0.15) is 38.3 Å². The summed E-state index contributed by atoms with van der Waals surface area (Å²) in [5, 5.41) is 2.96. The van der Waals surface area contributed by atoms with E-state index in [1.54, 1.807) is 0 Å². The van der Waals surface area contributed by atoms with Crippen LogP contribution in [0.2, 0.25) is 0 Å². The number of anilines is 1. The molecule has 144 valence electrons. The molecule has 0 saturated carbocycles. The fraction of sp³-hybridized carbons (Fsp3) is 0.619. The highest BCUT2D eigenvalue weighted by molar-refractivity contribution is 5.93. The van der Waals surface area contributed by atoms with Gasteiger partial charge in [0.2, 0.25) is 11.8 Å². The van der Waals surface area contributed by atoms with Crippen LogP contribution in [0.25, 0.3) is 0 Å². The molecule has 1 aromatic carbocycles. The Labute approximate surface area is 157 Å². The van der Waals surface area contributed by atoms with Gasteiger partial charge in [-0.05, 0) is 63.3 Å². The number of likely N-dealkylation sites (N-methyl/N-ethyl adjacent to an activating group) is 1. The normalized spacial score (nSPS) is 21.6. The first-order chi connectivity index (χ1) is 12.2. The van der Waals surface area contributed by atoms with E-state index >= 15 is 0 Å². The zero-order valence-corrected chi connectivity index (χ0v) is 17.0. The zero-order valence-electron chi connectivity index (χ0n) is 17.0. The van der Waals surface area contributed by atoms with Gasteiger partial charge in [0.1, 0.15) is 0 Å². The number of rotatable bonds is 5. The van der Waals surface area contributed by atoms with Gasteiger partial charge < -0.3 is 10.2 Å². The molecule has 1 saturated heterocycles. The number of likely N-dealkylation sites (tertiary alicyclic amines) is 1. The highest BCUT2D eigenvalue weighted by Crippen LogP contribution is 2.22. The molecule has 0 spiro atoms. The zero-order chi connectivity index (χ0) is 19.4. The largest absolute Gasteiger partial charge is 0.341 e. The van der Waals surface area contributed by atoms with E-state index in [-0.39, 0.29) is 24.4 Å². The Hall–Kier alpha value is -1.88. The predicted molar refractivity (Wildman–Crippen MR) is 106 cm³/mol. The highest BCUT2D eigenvalue weighted by Gasteiger charge is 2.30. The lowest BCUT2D eigenvalue weighted by Gasteiger charge is -2.38. The minimum atomic E-state index is -0.308. The summed E-state index contributed by atoms with van der Waals surface area (Å²) in [7, 11) is 1.84. The fourth-order valence-corrected chi connectivity index (χ4v) is 3.74. The van der Waals surface area contributed by atoms with Crippen molar-refractivity contribution in [2.45, 2.75) is 47.1 Å². The number of piperidine rings is 1. The van der Waals surface area contributed by atoms with Gasteiger partial charge in [0.25, 0.3) is 0 Å². The van der Waals surface area contributed by atoms with Gasteiger partial charge in [0.05, 0.1) is 12.6 Å². The lowest BCUT2D eigenvalue weighted by molar-refractivity contribution is -0.139. The Balaban J connectivity index is 1.93. The van der Waals surface area contributed by atoms with Crippen LogP contribution in [0.3, 0.4) is 0 Å². The molecule has 1 heterocycles. The van der Waals surface area contributed by atoms with Crippen LogP contribution in [0.5, 0.6) is 0 Å². The molecule has 1 aliphatic heterocycles. The Kier molecular flexibility index (Phi) is 6.81. The molecule has 0 aliphatic carbocycles. The number of benzene rings is 1. The molecule has 0 unspecified atom stereocenters. The minimum absolute atomic E-state index is 0.0961. The van der Waals surface area contributed by atoms with E-state index < -0.39 is 0 Å². The van der Waals surface area contributed by atoms with Crippen LogP contribution < -0.4 is 5.32 Å². The van der Waals surface area contributed by atoms with Crippen molar-refractivity contribution in [1.82, 2.24) is 9.80 Å². The van der Waals surface area contributed by atoms with Crippen molar-refractivity contribution in [3.05, 3.63) is 29.3 Å². The molecule has 5 nitrogen and oxygen atoms in total. The van der Waals surface area contributed by atoms with E-state index in [1.807, 2.05) is 55.8 Å². The van der Waals surface area contributed by atoms with Gasteiger partial charge in [-0.1, -0.05) is 26.0 Å². The smallest absolute Gasteiger partial charge is 0.239 e. The second-order valence-electron chi connectivity index (χ2n) is 8.08. The van der Waals surface area contributed by atoms with Gasteiger partial charge in [-0.25, -0.2) is 0 Å². The molecule has 1 aromatic rings. The molecule has 1 N–H and O–H groups in total. The molecule has 2 rings (SSSR count). The molecule has 1 fully saturated rings. The van der Waals surface area contributed by atoms with E-state index in [0.29, 0.717) is 11.8 Å². The molecule has 0 aromatic heterocycles. The average Bonchev–Trinajstić information content (AvgIpc) is 2.56. The maximum atomic E-state index is 12.8. The maximum absolute atomic E-state index is 12.8. The number of nitrogens with zero attached hydrogens (tertiary/aromatic N) is 2. The van der Waals surface area contributed by atoms with Crippen LogP contribution >= 0.6 is 0 Å². The van der Waals surface area contributed by atoms with Gasteiger partial charge >= 0.3 is 0 Å². The molecule has 26 heavy (non-hydrogen) atoms. The summed E-state index contributed by atoms with van der Waals surface area (Å²) in [6.45, 7) is 12.1. The second-order valence-corrected chi connectivity index (χ2v) is 8.08. The van der Waals surface area contributed by atoms with Crippen LogP contribution in [0, 0.1) is 25.7 Å². The van der Waals surface area contributed by atoms with Crippen molar-refractivity contribution >= 4 is 17.5 Å². The number of nitrogens with one attached hydrogen (secondary N) is 1. The van der Waals surface area contributed by atoms with E-state index in [9.17, 15) is 9.59 Å². The molecule has 3 atom stereocenters. The lowest BCUT2D eigenvalue weighted by Crippen LogP contribution is -2.51. The van der Waals surface area contributed by atoms with Gasteiger partial charge in [0, 0.05) is 18.8 Å². The van der Waals surface area contributed by atoms with Crippen molar-refractivity contribution in [3.63, 3.8) is 0 Å². The lowest BCUT2D eigenvalue weighted by atomic mass is 9.91. The molecule has 0 radical (unpaired) electrons. The molecule has 0 bridgehead atoms. The van der Waals surface area contributed by atoms with Crippen molar-refractivity contribution in [1.29, 1.82) is 0 Å². The summed E-state index contributed by atoms with van der Waals surface area (Å²) in [5.41, 5.74) is 3.05. The predicted octanol–water partition coefficient (Wildman–Crippen LogP) is 3.07. The van der Waals surface area contributed by atoms with E-state index in [4.69, 9.17) is 0 Å². The maximum Gasteiger partial charge on any atom is 0.239 e. The summed E-state index contributed by atoms with van der Waals surface area (Å²) in [5.74, 6) is 1.09. The first-order valence-corrected chi connectivity index (χ1v) is 9.54. The topological polar surface area (TPSA) is 52.7 Å². The molecular formula is C21H33N3O2. The number of amides is 2. The van der Waals surface area contributed by atoms with Gasteiger partial charge in [0.15, 0.2) is 0 Å². The van der Waals surface area contributed by atoms with Gasteiger partial charge in [-0.2, -0.15) is 0 Å². The highest BCUT2D eigenvalue weighted by atomic mass is 16.2. The third-order valence-electron chi connectivity index (χ3n) is 5.47. The first-order valence-electron chi connectivity index (χ1n) is 9.54. The Morgan fingerprint density at radius 3 is 2.46 bits per heavy atom. The number of aryl methyl sites for hydroxylation is 1. The second kappa shape index (κ2) is 8.67. The monoisotopic (exact) mass is 359 g/mol. The number of carbonyl (C=O) groups excluding carboxylic acids is 2. The standard InChI is InChI=1S/C21H33N3O2/c1-14-10-15(2)12-24(11-14)21(26)18(5)23(6)13-20(25)22-19-9-7-8-16(3)17(19)4/h7-9,14-15,18H,10-13H2,1-6H3,(H,22,25)/t14-,15+,18-/m1/s1. The van der Waals surface area contributed by atoms with Gasteiger partial charge in [-0.15, -0.1) is 0 Å². The van der Waals surface area contributed by atoms with Gasteiger partial charge in [-0.3, -0.25) is 14.5 Å².